The minimum atomic E-state index is -0.535. The standard InChI is InChI=1S/C13H16ClNO3/c1-8-7-9(11(14)15-17)5-6-10(8)12(16)18-13(2,3)4/h5-7,17H,1-4H3. The Morgan fingerprint density at radius 2 is 2.00 bits per heavy atom. The third-order valence-electron chi connectivity index (χ3n) is 2.17. The third-order valence-corrected chi connectivity index (χ3v) is 2.47. The SMILES string of the molecule is Cc1cc(C(Cl)=NO)ccc1C(=O)OC(C)(C)C. The molecular weight excluding hydrogens is 254 g/mol. The van der Waals surface area contributed by atoms with Gasteiger partial charge in [0.25, 0.3) is 0 Å². The Morgan fingerprint density at radius 1 is 1.39 bits per heavy atom. The fourth-order valence-electron chi connectivity index (χ4n) is 1.41. The Hall–Kier alpha value is -1.55. The molecule has 0 spiro atoms. The zero-order valence-corrected chi connectivity index (χ0v) is 11.6. The molecule has 0 aliphatic rings. The van der Waals surface area contributed by atoms with Crippen molar-refractivity contribution in [3.63, 3.8) is 0 Å². The number of benzene rings is 1. The van der Waals surface area contributed by atoms with Crippen LogP contribution in [0, 0.1) is 6.92 Å². The Morgan fingerprint density at radius 3 is 2.44 bits per heavy atom. The average Bonchev–Trinajstić information content (AvgIpc) is 2.25. The minimum absolute atomic E-state index is 0.0196. The van der Waals surface area contributed by atoms with Crippen molar-refractivity contribution in [2.45, 2.75) is 33.3 Å². The molecule has 0 bridgehead atoms. The summed E-state index contributed by atoms with van der Waals surface area (Å²) in [5, 5.41) is 11.5. The Kier molecular flexibility index (Phi) is 4.35. The number of hydrogen-bond acceptors (Lipinski definition) is 4. The van der Waals surface area contributed by atoms with Crippen LogP contribution in [0.5, 0.6) is 0 Å². The average molecular weight is 270 g/mol. The highest BCUT2D eigenvalue weighted by Crippen LogP contribution is 2.17. The van der Waals surface area contributed by atoms with E-state index in [1.165, 1.54) is 0 Å². The molecule has 0 amide bonds. The van der Waals surface area contributed by atoms with Crippen LogP contribution in [0.2, 0.25) is 0 Å². The molecule has 0 aliphatic carbocycles. The first-order valence-corrected chi connectivity index (χ1v) is 5.84. The summed E-state index contributed by atoms with van der Waals surface area (Å²) in [7, 11) is 0. The lowest BCUT2D eigenvalue weighted by atomic mass is 10.1. The van der Waals surface area contributed by atoms with Crippen LogP contribution < -0.4 is 0 Å². The van der Waals surface area contributed by atoms with E-state index in [0.29, 0.717) is 16.7 Å². The van der Waals surface area contributed by atoms with Gasteiger partial charge in [0, 0.05) is 5.56 Å². The molecule has 1 N–H and O–H groups in total. The van der Waals surface area contributed by atoms with Crippen molar-refractivity contribution in [2.24, 2.45) is 5.16 Å². The number of carbonyl (C=O) groups excluding carboxylic acids is 1. The highest BCUT2D eigenvalue weighted by molar-refractivity contribution is 6.69. The lowest BCUT2D eigenvalue weighted by Crippen LogP contribution is -2.24. The summed E-state index contributed by atoms with van der Waals surface area (Å²) in [5.41, 5.74) is 1.19. The van der Waals surface area contributed by atoms with Gasteiger partial charge in [-0.3, -0.25) is 0 Å². The van der Waals surface area contributed by atoms with Gasteiger partial charge in [-0.1, -0.05) is 22.8 Å². The van der Waals surface area contributed by atoms with Crippen molar-refractivity contribution in [2.75, 3.05) is 0 Å². The summed E-state index contributed by atoms with van der Waals surface area (Å²) in [6.07, 6.45) is 0. The van der Waals surface area contributed by atoms with Gasteiger partial charge in [-0.25, -0.2) is 4.79 Å². The van der Waals surface area contributed by atoms with Crippen molar-refractivity contribution < 1.29 is 14.7 Å². The Balaban J connectivity index is 3.03. The van der Waals surface area contributed by atoms with Crippen LogP contribution in [0.25, 0.3) is 0 Å². The number of rotatable bonds is 2. The van der Waals surface area contributed by atoms with Crippen LogP contribution in [0.3, 0.4) is 0 Å². The number of carbonyl (C=O) groups is 1. The Labute approximate surface area is 111 Å². The molecule has 0 fully saturated rings. The number of hydrogen-bond donors (Lipinski definition) is 1. The molecule has 1 rings (SSSR count). The predicted octanol–water partition coefficient (Wildman–Crippen LogP) is 3.32. The minimum Gasteiger partial charge on any atom is -0.456 e. The van der Waals surface area contributed by atoms with Crippen molar-refractivity contribution in [3.8, 4) is 0 Å². The molecule has 0 heterocycles. The summed E-state index contributed by atoms with van der Waals surface area (Å²) in [5.74, 6) is -0.386. The van der Waals surface area contributed by atoms with Crippen molar-refractivity contribution in [3.05, 3.63) is 34.9 Å². The summed E-state index contributed by atoms with van der Waals surface area (Å²) < 4.78 is 5.28. The fraction of sp³-hybridized carbons (Fsp3) is 0.385. The molecule has 0 saturated heterocycles. The van der Waals surface area contributed by atoms with Gasteiger partial charge in [0.05, 0.1) is 5.56 Å². The summed E-state index contributed by atoms with van der Waals surface area (Å²) >= 11 is 5.68. The van der Waals surface area contributed by atoms with Crippen molar-refractivity contribution in [1.29, 1.82) is 0 Å². The van der Waals surface area contributed by atoms with Crippen LogP contribution in [-0.4, -0.2) is 21.9 Å². The van der Waals surface area contributed by atoms with Gasteiger partial charge in [-0.2, -0.15) is 0 Å². The molecule has 1 aromatic rings. The smallest absolute Gasteiger partial charge is 0.338 e. The molecule has 5 heteroatoms. The highest BCUT2D eigenvalue weighted by Gasteiger charge is 2.19. The van der Waals surface area contributed by atoms with Gasteiger partial charge in [-0.15, -0.1) is 0 Å². The van der Waals surface area contributed by atoms with Gasteiger partial charge in [0.2, 0.25) is 0 Å². The van der Waals surface area contributed by atoms with E-state index in [2.05, 4.69) is 5.16 Å². The predicted molar refractivity (Wildman–Crippen MR) is 70.5 cm³/mol. The monoisotopic (exact) mass is 269 g/mol. The molecule has 0 radical (unpaired) electrons. The highest BCUT2D eigenvalue weighted by atomic mass is 35.5. The van der Waals surface area contributed by atoms with Gasteiger partial charge < -0.3 is 9.94 Å². The molecule has 0 aromatic heterocycles. The first kappa shape index (κ1) is 14.5. The van der Waals surface area contributed by atoms with Crippen molar-refractivity contribution in [1.82, 2.24) is 0 Å². The lowest BCUT2D eigenvalue weighted by Gasteiger charge is -2.20. The molecule has 0 unspecified atom stereocenters. The summed E-state index contributed by atoms with van der Waals surface area (Å²) in [6.45, 7) is 7.20. The second-order valence-electron chi connectivity index (χ2n) is 4.92. The number of nitrogens with zero attached hydrogens (tertiary/aromatic N) is 1. The van der Waals surface area contributed by atoms with Crippen molar-refractivity contribution >= 4 is 22.7 Å². The molecule has 0 saturated carbocycles. The molecule has 98 valence electrons. The molecule has 18 heavy (non-hydrogen) atoms. The topological polar surface area (TPSA) is 58.9 Å². The number of ether oxygens (including phenoxy) is 1. The van der Waals surface area contributed by atoms with Crippen LogP contribution in [-0.2, 0) is 4.74 Å². The quantitative estimate of drug-likeness (QED) is 0.388. The summed E-state index contributed by atoms with van der Waals surface area (Å²) in [6, 6.07) is 4.88. The van der Waals surface area contributed by atoms with Gasteiger partial charge in [0.15, 0.2) is 5.17 Å². The third kappa shape index (κ3) is 3.74. The summed E-state index contributed by atoms with van der Waals surface area (Å²) in [4.78, 5) is 11.9. The van der Waals surface area contributed by atoms with E-state index >= 15 is 0 Å². The second kappa shape index (κ2) is 5.40. The van der Waals surface area contributed by atoms with E-state index < -0.39 is 5.60 Å². The van der Waals surface area contributed by atoms with E-state index in [4.69, 9.17) is 21.5 Å². The van der Waals surface area contributed by atoms with Crippen LogP contribution >= 0.6 is 11.6 Å². The maximum Gasteiger partial charge on any atom is 0.338 e. The van der Waals surface area contributed by atoms with Crippen LogP contribution in [0.1, 0.15) is 42.3 Å². The first-order chi connectivity index (χ1) is 8.24. The fourth-order valence-corrected chi connectivity index (χ4v) is 1.53. The van der Waals surface area contributed by atoms with Gasteiger partial charge in [-0.05, 0) is 45.4 Å². The number of oxime groups is 1. The maximum absolute atomic E-state index is 11.9. The number of halogens is 1. The van der Waals surface area contributed by atoms with E-state index in [0.717, 1.165) is 0 Å². The maximum atomic E-state index is 11.9. The van der Waals surface area contributed by atoms with Gasteiger partial charge >= 0.3 is 5.97 Å². The van der Waals surface area contributed by atoms with E-state index in [1.54, 1.807) is 25.1 Å². The lowest BCUT2D eigenvalue weighted by molar-refractivity contribution is 0.00688. The first-order valence-electron chi connectivity index (χ1n) is 5.46. The zero-order valence-electron chi connectivity index (χ0n) is 10.8. The second-order valence-corrected chi connectivity index (χ2v) is 5.28. The Bertz CT molecular complexity index is 489. The molecular formula is C13H16ClNO3. The van der Waals surface area contributed by atoms with Crippen LogP contribution in [0.15, 0.2) is 23.4 Å². The normalized spacial score (nSPS) is 12.4. The number of esters is 1. The zero-order chi connectivity index (χ0) is 13.9. The molecule has 4 nitrogen and oxygen atoms in total. The van der Waals surface area contributed by atoms with Gasteiger partial charge in [0.1, 0.15) is 5.60 Å². The number of aryl methyl sites for hydroxylation is 1. The van der Waals surface area contributed by atoms with Crippen LogP contribution in [0.4, 0.5) is 0 Å². The van der Waals surface area contributed by atoms with E-state index in [9.17, 15) is 4.79 Å². The largest absolute Gasteiger partial charge is 0.456 e. The van der Waals surface area contributed by atoms with E-state index in [1.807, 2.05) is 20.8 Å². The molecule has 0 aliphatic heterocycles. The van der Waals surface area contributed by atoms with E-state index in [-0.39, 0.29) is 11.1 Å². The molecule has 1 aromatic carbocycles. The molecule has 0 atom stereocenters.